The average Bonchev–Trinajstić information content (AvgIpc) is 2.55. The first-order valence-corrected chi connectivity index (χ1v) is 7.34. The van der Waals surface area contributed by atoms with Gasteiger partial charge in [0, 0.05) is 32.4 Å². The number of nitrogens with zero attached hydrogens (tertiary/aromatic N) is 4. The molecule has 0 radical (unpaired) electrons. The second-order valence-corrected chi connectivity index (χ2v) is 5.37. The van der Waals surface area contributed by atoms with Crippen LogP contribution in [0.3, 0.4) is 0 Å². The van der Waals surface area contributed by atoms with Gasteiger partial charge in [0.05, 0.1) is 24.1 Å². The number of hydrogen-bond donors (Lipinski definition) is 1. The first-order chi connectivity index (χ1) is 10.3. The molecule has 5 nitrogen and oxygen atoms in total. The normalized spacial score (nSPS) is 16.0. The highest BCUT2D eigenvalue weighted by Crippen LogP contribution is 2.16. The van der Waals surface area contributed by atoms with Gasteiger partial charge in [-0.3, -0.25) is 4.98 Å². The Balaban J connectivity index is 1.57. The summed E-state index contributed by atoms with van der Waals surface area (Å²) in [5, 5.41) is 3.35. The fourth-order valence-electron chi connectivity index (χ4n) is 2.41. The van der Waals surface area contributed by atoms with Crippen LogP contribution in [-0.2, 0) is 6.54 Å². The number of aromatic nitrogens is 2. The molecule has 21 heavy (non-hydrogen) atoms. The van der Waals surface area contributed by atoms with Crippen LogP contribution in [0.25, 0.3) is 0 Å². The topological polar surface area (TPSA) is 44.3 Å². The Morgan fingerprint density at radius 2 is 1.90 bits per heavy atom. The van der Waals surface area contributed by atoms with Gasteiger partial charge in [-0.05, 0) is 31.3 Å². The summed E-state index contributed by atoms with van der Waals surface area (Å²) in [6, 6.07) is 10.1. The smallest absolute Gasteiger partial charge is 0.128 e. The van der Waals surface area contributed by atoms with Crippen LogP contribution in [-0.4, -0.2) is 48.1 Å². The lowest BCUT2D eigenvalue weighted by atomic mass is 10.3. The van der Waals surface area contributed by atoms with Gasteiger partial charge in [-0.15, -0.1) is 0 Å². The summed E-state index contributed by atoms with van der Waals surface area (Å²) in [6.07, 6.45) is 3.71. The monoisotopic (exact) mass is 283 g/mol. The summed E-state index contributed by atoms with van der Waals surface area (Å²) < 4.78 is 0. The van der Waals surface area contributed by atoms with E-state index in [0.29, 0.717) is 0 Å². The van der Waals surface area contributed by atoms with Gasteiger partial charge in [0.1, 0.15) is 5.82 Å². The maximum Gasteiger partial charge on any atom is 0.128 e. The van der Waals surface area contributed by atoms with Crippen molar-refractivity contribution < 1.29 is 0 Å². The number of anilines is 2. The molecule has 1 N–H and O–H groups in total. The maximum absolute atomic E-state index is 4.56. The molecular formula is C16H21N5. The molecule has 0 spiro atoms. The molecule has 3 rings (SSSR count). The molecule has 1 aliphatic rings. The molecule has 0 aromatic carbocycles. The van der Waals surface area contributed by atoms with Crippen molar-refractivity contribution in [3.8, 4) is 0 Å². The first kappa shape index (κ1) is 13.8. The molecule has 1 saturated heterocycles. The van der Waals surface area contributed by atoms with Crippen molar-refractivity contribution in [1.29, 1.82) is 0 Å². The van der Waals surface area contributed by atoms with Crippen LogP contribution in [0.4, 0.5) is 11.5 Å². The van der Waals surface area contributed by atoms with E-state index in [9.17, 15) is 0 Å². The van der Waals surface area contributed by atoms with Gasteiger partial charge in [0.25, 0.3) is 0 Å². The van der Waals surface area contributed by atoms with Crippen LogP contribution >= 0.6 is 0 Å². The van der Waals surface area contributed by atoms with E-state index in [-0.39, 0.29) is 0 Å². The van der Waals surface area contributed by atoms with Crippen LogP contribution < -0.4 is 10.2 Å². The van der Waals surface area contributed by atoms with Gasteiger partial charge >= 0.3 is 0 Å². The number of piperazine rings is 1. The van der Waals surface area contributed by atoms with Crippen molar-refractivity contribution in [1.82, 2.24) is 14.9 Å². The van der Waals surface area contributed by atoms with Crippen molar-refractivity contribution in [3.05, 3.63) is 48.4 Å². The lowest BCUT2D eigenvalue weighted by molar-refractivity contribution is 0.312. The van der Waals surface area contributed by atoms with Crippen molar-refractivity contribution in [2.45, 2.75) is 6.54 Å². The summed E-state index contributed by atoms with van der Waals surface area (Å²) in [4.78, 5) is 13.5. The molecule has 110 valence electrons. The third-order valence-corrected chi connectivity index (χ3v) is 3.77. The van der Waals surface area contributed by atoms with E-state index in [0.717, 1.165) is 49.9 Å². The van der Waals surface area contributed by atoms with E-state index in [1.54, 1.807) is 0 Å². The van der Waals surface area contributed by atoms with E-state index >= 15 is 0 Å². The number of pyridine rings is 2. The third-order valence-electron chi connectivity index (χ3n) is 3.77. The van der Waals surface area contributed by atoms with Gasteiger partial charge < -0.3 is 15.1 Å². The Morgan fingerprint density at radius 1 is 1.05 bits per heavy atom. The van der Waals surface area contributed by atoms with Gasteiger partial charge in [0.15, 0.2) is 0 Å². The predicted molar refractivity (Wildman–Crippen MR) is 85.5 cm³/mol. The minimum atomic E-state index is 0.719. The highest BCUT2D eigenvalue weighted by atomic mass is 15.3. The zero-order valence-corrected chi connectivity index (χ0v) is 12.4. The number of rotatable bonds is 4. The molecule has 0 aliphatic carbocycles. The van der Waals surface area contributed by atoms with Crippen LogP contribution in [0.15, 0.2) is 42.7 Å². The second-order valence-electron chi connectivity index (χ2n) is 5.37. The molecule has 0 atom stereocenters. The average molecular weight is 283 g/mol. The van der Waals surface area contributed by atoms with E-state index in [1.807, 2.05) is 30.6 Å². The highest BCUT2D eigenvalue weighted by molar-refractivity contribution is 5.49. The summed E-state index contributed by atoms with van der Waals surface area (Å²) in [7, 11) is 2.16. The zero-order chi connectivity index (χ0) is 14.5. The Bertz CT molecular complexity index is 547. The van der Waals surface area contributed by atoms with Crippen LogP contribution in [0.2, 0.25) is 0 Å². The molecule has 2 aromatic rings. The molecule has 3 heterocycles. The Morgan fingerprint density at radius 3 is 2.57 bits per heavy atom. The third kappa shape index (κ3) is 3.70. The van der Waals surface area contributed by atoms with Crippen molar-refractivity contribution in [2.75, 3.05) is 43.4 Å². The van der Waals surface area contributed by atoms with Crippen LogP contribution in [0.1, 0.15) is 5.69 Å². The predicted octanol–water partition coefficient (Wildman–Crippen LogP) is 1.84. The molecule has 0 unspecified atom stereocenters. The molecule has 5 heteroatoms. The van der Waals surface area contributed by atoms with Gasteiger partial charge in [0.2, 0.25) is 0 Å². The van der Waals surface area contributed by atoms with Gasteiger partial charge in [-0.2, -0.15) is 0 Å². The largest absolute Gasteiger partial charge is 0.378 e. The highest BCUT2D eigenvalue weighted by Gasteiger charge is 2.14. The standard InChI is InChI=1S/C16H21N5/c1-20-8-10-21(11-9-20)16-6-5-15(13-19-16)18-12-14-4-2-3-7-17-14/h2-7,13,18H,8-12H2,1H3. The summed E-state index contributed by atoms with van der Waals surface area (Å²) in [5.41, 5.74) is 2.05. The van der Waals surface area contributed by atoms with Crippen molar-refractivity contribution in [3.63, 3.8) is 0 Å². The molecule has 2 aromatic heterocycles. The molecule has 0 amide bonds. The molecule has 1 aliphatic heterocycles. The maximum atomic E-state index is 4.56. The van der Waals surface area contributed by atoms with Gasteiger partial charge in [-0.1, -0.05) is 6.07 Å². The van der Waals surface area contributed by atoms with E-state index < -0.39 is 0 Å². The lowest BCUT2D eigenvalue weighted by Gasteiger charge is -2.33. The number of hydrogen-bond acceptors (Lipinski definition) is 5. The van der Waals surface area contributed by atoms with E-state index in [4.69, 9.17) is 0 Å². The molecular weight excluding hydrogens is 262 g/mol. The summed E-state index contributed by atoms with van der Waals surface area (Å²) in [6.45, 7) is 5.01. The van der Waals surface area contributed by atoms with E-state index in [1.165, 1.54) is 0 Å². The first-order valence-electron chi connectivity index (χ1n) is 7.34. The van der Waals surface area contributed by atoms with Crippen LogP contribution in [0, 0.1) is 0 Å². The second kappa shape index (κ2) is 6.54. The summed E-state index contributed by atoms with van der Waals surface area (Å²) >= 11 is 0. The molecule has 0 bridgehead atoms. The Hall–Kier alpha value is -2.14. The van der Waals surface area contributed by atoms with Crippen molar-refractivity contribution in [2.24, 2.45) is 0 Å². The number of nitrogens with one attached hydrogen (secondary N) is 1. The zero-order valence-electron chi connectivity index (χ0n) is 12.4. The van der Waals surface area contributed by atoms with Crippen LogP contribution in [0.5, 0.6) is 0 Å². The lowest BCUT2D eigenvalue weighted by Crippen LogP contribution is -2.44. The molecule has 0 saturated carbocycles. The summed E-state index contributed by atoms with van der Waals surface area (Å²) in [5.74, 6) is 1.06. The minimum Gasteiger partial charge on any atom is -0.378 e. The van der Waals surface area contributed by atoms with Gasteiger partial charge in [-0.25, -0.2) is 4.98 Å². The minimum absolute atomic E-state index is 0.719. The van der Waals surface area contributed by atoms with Crippen molar-refractivity contribution >= 4 is 11.5 Å². The fourth-order valence-corrected chi connectivity index (χ4v) is 2.41. The SMILES string of the molecule is CN1CCN(c2ccc(NCc3ccccn3)cn2)CC1. The molecule has 1 fully saturated rings. The fraction of sp³-hybridized carbons (Fsp3) is 0.375. The Labute approximate surface area is 125 Å². The quantitative estimate of drug-likeness (QED) is 0.927. The Kier molecular flexibility index (Phi) is 4.31. The number of likely N-dealkylation sites (N-methyl/N-ethyl adjacent to an activating group) is 1. The van der Waals surface area contributed by atoms with E-state index in [2.05, 4.69) is 44.3 Å².